The van der Waals surface area contributed by atoms with Gasteiger partial charge in [-0.05, 0) is 37.6 Å². The number of rotatable bonds is 4. The van der Waals surface area contributed by atoms with E-state index in [2.05, 4.69) is 10.6 Å². The van der Waals surface area contributed by atoms with Gasteiger partial charge in [-0.3, -0.25) is 9.59 Å². The van der Waals surface area contributed by atoms with Gasteiger partial charge in [0.2, 0.25) is 11.8 Å². The highest BCUT2D eigenvalue weighted by Gasteiger charge is 2.34. The SMILES string of the molecule is COC(=O)c1c(NC(=O)C[C@H]2Sc3ccc(C(F)(F)F)cc3NC2=O)sc(C)c1C. The minimum atomic E-state index is -4.52. The highest BCUT2D eigenvalue weighted by atomic mass is 32.2. The summed E-state index contributed by atoms with van der Waals surface area (Å²) in [5.74, 6) is -1.63. The summed E-state index contributed by atoms with van der Waals surface area (Å²) in [4.78, 5) is 38.1. The lowest BCUT2D eigenvalue weighted by Crippen LogP contribution is -2.32. The second kappa shape index (κ2) is 8.31. The van der Waals surface area contributed by atoms with Crippen molar-refractivity contribution in [2.45, 2.75) is 36.6 Å². The Kier molecular flexibility index (Phi) is 6.14. The molecule has 0 unspecified atom stereocenters. The smallest absolute Gasteiger partial charge is 0.416 e. The van der Waals surface area contributed by atoms with Crippen molar-refractivity contribution in [1.82, 2.24) is 0 Å². The van der Waals surface area contributed by atoms with Gasteiger partial charge in [-0.15, -0.1) is 23.1 Å². The summed E-state index contributed by atoms with van der Waals surface area (Å²) in [6.07, 6.45) is -4.73. The van der Waals surface area contributed by atoms with Crippen LogP contribution >= 0.6 is 23.1 Å². The molecular weight excluding hydrogens is 441 g/mol. The lowest BCUT2D eigenvalue weighted by Gasteiger charge is -2.24. The predicted molar refractivity (Wildman–Crippen MR) is 108 cm³/mol. The molecule has 1 aliphatic rings. The van der Waals surface area contributed by atoms with Gasteiger partial charge in [0.1, 0.15) is 5.00 Å². The fourth-order valence-electron chi connectivity index (χ4n) is 2.87. The van der Waals surface area contributed by atoms with Gasteiger partial charge < -0.3 is 15.4 Å². The summed E-state index contributed by atoms with van der Waals surface area (Å²) in [7, 11) is 1.24. The standard InChI is InChI=1S/C19H17F3N2O4S2/c1-8-9(2)29-17(15(8)18(27)28-3)24-14(25)7-13-16(26)23-11-6-10(19(20,21)22)4-5-12(11)30-13/h4-6,13H,7H2,1-3H3,(H,23,26)(H,24,25)/t13-/m1/s1. The third-order valence-electron chi connectivity index (χ3n) is 4.52. The van der Waals surface area contributed by atoms with Crippen molar-refractivity contribution in [2.24, 2.45) is 0 Å². The van der Waals surface area contributed by atoms with E-state index in [1.165, 1.54) is 24.5 Å². The fraction of sp³-hybridized carbons (Fsp3) is 0.316. The summed E-state index contributed by atoms with van der Waals surface area (Å²) in [5, 5.41) is 4.59. The minimum Gasteiger partial charge on any atom is -0.465 e. The molecule has 3 rings (SSSR count). The molecule has 0 aliphatic carbocycles. The van der Waals surface area contributed by atoms with Gasteiger partial charge in [0, 0.05) is 16.2 Å². The molecule has 0 spiro atoms. The Morgan fingerprint density at radius 1 is 1.27 bits per heavy atom. The maximum absolute atomic E-state index is 12.9. The number of anilines is 2. The second-order valence-electron chi connectivity index (χ2n) is 6.54. The molecule has 160 valence electrons. The average Bonchev–Trinajstić information content (AvgIpc) is 2.94. The number of thiophene rings is 1. The number of halogens is 3. The number of aryl methyl sites for hydroxylation is 1. The maximum atomic E-state index is 12.9. The molecule has 30 heavy (non-hydrogen) atoms. The first kappa shape index (κ1) is 22.2. The van der Waals surface area contributed by atoms with Crippen LogP contribution in [-0.2, 0) is 20.5 Å². The highest BCUT2D eigenvalue weighted by molar-refractivity contribution is 8.01. The lowest BCUT2D eigenvalue weighted by molar-refractivity contribution is -0.137. The van der Waals surface area contributed by atoms with Crippen molar-refractivity contribution < 1.29 is 32.3 Å². The van der Waals surface area contributed by atoms with E-state index < -0.39 is 34.8 Å². The van der Waals surface area contributed by atoms with Crippen molar-refractivity contribution in [2.75, 3.05) is 17.7 Å². The van der Waals surface area contributed by atoms with Crippen LogP contribution in [0.5, 0.6) is 0 Å². The van der Waals surface area contributed by atoms with E-state index in [1.807, 2.05) is 0 Å². The number of ether oxygens (including phenoxy) is 1. The first-order valence-corrected chi connectivity index (χ1v) is 10.4. The molecule has 1 atom stereocenters. The quantitative estimate of drug-likeness (QED) is 0.654. The Balaban J connectivity index is 1.74. The number of benzene rings is 1. The largest absolute Gasteiger partial charge is 0.465 e. The third kappa shape index (κ3) is 4.46. The van der Waals surface area contributed by atoms with Crippen LogP contribution in [0.3, 0.4) is 0 Å². The van der Waals surface area contributed by atoms with E-state index in [-0.39, 0.29) is 17.7 Å². The molecular formula is C19H17F3N2O4S2. The highest BCUT2D eigenvalue weighted by Crippen LogP contribution is 2.41. The normalized spacial score (nSPS) is 15.9. The average molecular weight is 458 g/mol. The topological polar surface area (TPSA) is 84.5 Å². The molecule has 1 aliphatic heterocycles. The second-order valence-corrected chi connectivity index (χ2v) is 9.01. The molecule has 0 saturated heterocycles. The molecule has 1 aromatic heterocycles. The lowest BCUT2D eigenvalue weighted by atomic mass is 10.1. The molecule has 0 radical (unpaired) electrons. The Morgan fingerprint density at radius 3 is 2.60 bits per heavy atom. The summed E-state index contributed by atoms with van der Waals surface area (Å²) < 4.78 is 43.3. The Morgan fingerprint density at radius 2 is 1.97 bits per heavy atom. The van der Waals surface area contributed by atoms with Crippen LogP contribution in [0.2, 0.25) is 0 Å². The number of carbonyl (C=O) groups excluding carboxylic acids is 3. The Labute approximate surface area is 178 Å². The number of nitrogens with one attached hydrogen (secondary N) is 2. The van der Waals surface area contributed by atoms with Crippen LogP contribution in [0.15, 0.2) is 23.1 Å². The summed E-state index contributed by atoms with van der Waals surface area (Å²) in [5.41, 5.74) is 0.159. The summed E-state index contributed by atoms with van der Waals surface area (Å²) in [6.45, 7) is 3.54. The minimum absolute atomic E-state index is 0.0639. The van der Waals surface area contributed by atoms with Crippen molar-refractivity contribution in [3.8, 4) is 0 Å². The van der Waals surface area contributed by atoms with Gasteiger partial charge in [0.15, 0.2) is 0 Å². The zero-order chi connectivity index (χ0) is 22.2. The molecule has 2 aromatic rings. The van der Waals surface area contributed by atoms with Crippen molar-refractivity contribution >= 4 is 51.6 Å². The van der Waals surface area contributed by atoms with E-state index in [4.69, 9.17) is 4.74 Å². The van der Waals surface area contributed by atoms with Crippen molar-refractivity contribution in [3.63, 3.8) is 0 Å². The van der Waals surface area contributed by atoms with E-state index in [1.54, 1.807) is 13.8 Å². The van der Waals surface area contributed by atoms with Gasteiger partial charge >= 0.3 is 12.1 Å². The zero-order valence-corrected chi connectivity index (χ0v) is 17.7. The van der Waals surface area contributed by atoms with Gasteiger partial charge in [-0.25, -0.2) is 4.79 Å². The van der Waals surface area contributed by atoms with Crippen LogP contribution < -0.4 is 10.6 Å². The molecule has 1 aromatic carbocycles. The summed E-state index contributed by atoms with van der Waals surface area (Å²) >= 11 is 2.24. The number of methoxy groups -OCH3 is 1. The fourth-order valence-corrected chi connectivity index (χ4v) is 5.03. The molecule has 2 amide bonds. The summed E-state index contributed by atoms with van der Waals surface area (Å²) in [6, 6.07) is 3.07. The molecule has 0 saturated carbocycles. The molecule has 11 heteroatoms. The van der Waals surface area contributed by atoms with Crippen LogP contribution in [-0.4, -0.2) is 30.1 Å². The zero-order valence-electron chi connectivity index (χ0n) is 16.1. The molecule has 6 nitrogen and oxygen atoms in total. The van der Waals surface area contributed by atoms with Gasteiger partial charge in [0.05, 0.1) is 29.2 Å². The molecule has 0 fully saturated rings. The number of hydrogen-bond donors (Lipinski definition) is 2. The number of carbonyl (C=O) groups is 3. The van der Waals surface area contributed by atoms with Gasteiger partial charge in [0.25, 0.3) is 0 Å². The van der Waals surface area contributed by atoms with Crippen LogP contribution in [0.4, 0.5) is 23.9 Å². The Bertz CT molecular complexity index is 1030. The van der Waals surface area contributed by atoms with Gasteiger partial charge in [-0.2, -0.15) is 13.2 Å². The van der Waals surface area contributed by atoms with E-state index in [9.17, 15) is 27.6 Å². The molecule has 2 N–H and O–H groups in total. The maximum Gasteiger partial charge on any atom is 0.416 e. The first-order chi connectivity index (χ1) is 14.0. The van der Waals surface area contributed by atoms with E-state index in [0.717, 1.165) is 28.8 Å². The number of esters is 1. The monoisotopic (exact) mass is 458 g/mol. The first-order valence-electron chi connectivity index (χ1n) is 8.68. The van der Waals surface area contributed by atoms with Crippen LogP contribution in [0.1, 0.15) is 32.8 Å². The Hall–Kier alpha value is -2.53. The van der Waals surface area contributed by atoms with Crippen LogP contribution in [0, 0.1) is 13.8 Å². The molecule has 0 bridgehead atoms. The van der Waals surface area contributed by atoms with E-state index in [0.29, 0.717) is 15.5 Å². The van der Waals surface area contributed by atoms with Gasteiger partial charge in [-0.1, -0.05) is 0 Å². The predicted octanol–water partition coefficient (Wildman–Crippen LogP) is 4.61. The number of thioether (sulfide) groups is 1. The van der Waals surface area contributed by atoms with E-state index >= 15 is 0 Å². The third-order valence-corrected chi connectivity index (χ3v) is 6.92. The van der Waals surface area contributed by atoms with Crippen LogP contribution in [0.25, 0.3) is 0 Å². The van der Waals surface area contributed by atoms with Crippen molar-refractivity contribution in [1.29, 1.82) is 0 Å². The van der Waals surface area contributed by atoms with Crippen molar-refractivity contribution in [3.05, 3.63) is 39.8 Å². The number of hydrogen-bond acceptors (Lipinski definition) is 6. The number of amides is 2. The number of alkyl halides is 3. The molecule has 2 heterocycles. The number of fused-ring (bicyclic) bond motifs is 1.